The number of aromatic amines is 1. The van der Waals surface area contributed by atoms with Crippen molar-refractivity contribution in [2.45, 2.75) is 37.4 Å². The molecule has 0 radical (unpaired) electrons. The molecule has 1 aromatic heterocycles. The summed E-state index contributed by atoms with van der Waals surface area (Å²) in [6.45, 7) is 0. The van der Waals surface area contributed by atoms with E-state index in [2.05, 4.69) is 20.5 Å². The number of hydrogen-bond acceptors (Lipinski definition) is 5. The molecule has 0 aliphatic carbocycles. The fourth-order valence-corrected chi connectivity index (χ4v) is 4.71. The van der Waals surface area contributed by atoms with E-state index in [9.17, 15) is 4.79 Å². The number of nitrogens with zero attached hydrogens (tertiary/aromatic N) is 2. The first-order valence-electron chi connectivity index (χ1n) is 5.78. The predicted molar refractivity (Wildman–Crippen MR) is 71.9 cm³/mol. The topological polar surface area (TPSA) is 70.7 Å². The van der Waals surface area contributed by atoms with E-state index in [-0.39, 0.29) is 5.91 Å². The molecule has 0 bridgehead atoms. The number of anilines is 1. The Morgan fingerprint density at radius 1 is 1.59 bits per heavy atom. The lowest BCUT2D eigenvalue weighted by molar-refractivity contribution is -0.116. The highest BCUT2D eigenvalue weighted by Crippen LogP contribution is 2.39. The van der Waals surface area contributed by atoms with Crippen LogP contribution in [0.25, 0.3) is 0 Å². The molecule has 2 N–H and O–H groups in total. The zero-order chi connectivity index (χ0) is 11.9. The van der Waals surface area contributed by atoms with Crippen LogP contribution >= 0.6 is 21.6 Å². The summed E-state index contributed by atoms with van der Waals surface area (Å²) in [6.07, 6.45) is 6.56. The molecule has 5 nitrogen and oxygen atoms in total. The number of carbonyl (C=O) groups excluding carboxylic acids is 1. The maximum atomic E-state index is 11.5. The van der Waals surface area contributed by atoms with E-state index < -0.39 is 0 Å². The van der Waals surface area contributed by atoms with Gasteiger partial charge in [0.1, 0.15) is 6.33 Å². The van der Waals surface area contributed by atoms with Gasteiger partial charge in [-0.3, -0.25) is 10.1 Å². The Labute approximate surface area is 108 Å². The maximum absolute atomic E-state index is 11.5. The van der Waals surface area contributed by atoms with Crippen LogP contribution in [0.3, 0.4) is 0 Å². The van der Waals surface area contributed by atoms with Gasteiger partial charge < -0.3 is 0 Å². The molecule has 7 heteroatoms. The number of unbranched alkanes of at least 4 members (excludes halogenated alkanes) is 1. The Kier molecular flexibility index (Phi) is 5.18. The van der Waals surface area contributed by atoms with Crippen molar-refractivity contribution >= 4 is 33.4 Å². The fourth-order valence-electron chi connectivity index (χ4n) is 1.68. The van der Waals surface area contributed by atoms with E-state index >= 15 is 0 Å². The molecule has 2 heterocycles. The zero-order valence-corrected chi connectivity index (χ0v) is 11.1. The van der Waals surface area contributed by atoms with Gasteiger partial charge in [-0.05, 0) is 19.3 Å². The third kappa shape index (κ3) is 4.59. The van der Waals surface area contributed by atoms with Crippen LogP contribution in [0.15, 0.2) is 6.33 Å². The molecule has 0 spiro atoms. The second-order valence-electron chi connectivity index (χ2n) is 3.96. The monoisotopic (exact) mass is 272 g/mol. The summed E-state index contributed by atoms with van der Waals surface area (Å²) in [5.74, 6) is 1.72. The summed E-state index contributed by atoms with van der Waals surface area (Å²) in [7, 11) is 3.97. The van der Waals surface area contributed by atoms with Crippen molar-refractivity contribution < 1.29 is 4.79 Å². The summed E-state index contributed by atoms with van der Waals surface area (Å²) in [5, 5.41) is 9.75. The molecule has 1 saturated heterocycles. The van der Waals surface area contributed by atoms with Gasteiger partial charge in [0.15, 0.2) is 0 Å². The predicted octanol–water partition coefficient (Wildman–Crippen LogP) is 2.46. The molecule has 1 aliphatic heterocycles. The van der Waals surface area contributed by atoms with Gasteiger partial charge in [0, 0.05) is 17.4 Å². The van der Waals surface area contributed by atoms with Gasteiger partial charge in [-0.2, -0.15) is 10.1 Å². The minimum absolute atomic E-state index is 0.00944. The average molecular weight is 272 g/mol. The van der Waals surface area contributed by atoms with Gasteiger partial charge >= 0.3 is 0 Å². The van der Waals surface area contributed by atoms with E-state index in [1.165, 1.54) is 24.9 Å². The summed E-state index contributed by atoms with van der Waals surface area (Å²) in [4.78, 5) is 15.3. The third-order valence-electron chi connectivity index (χ3n) is 2.58. The van der Waals surface area contributed by atoms with E-state index in [0.29, 0.717) is 12.4 Å². The molecule has 1 aromatic rings. The molecule has 1 fully saturated rings. The summed E-state index contributed by atoms with van der Waals surface area (Å²) in [5.41, 5.74) is 0. The minimum atomic E-state index is 0.00944. The molecule has 17 heavy (non-hydrogen) atoms. The highest BCUT2D eigenvalue weighted by atomic mass is 33.1. The van der Waals surface area contributed by atoms with Gasteiger partial charge in [-0.15, -0.1) is 0 Å². The van der Waals surface area contributed by atoms with Crippen LogP contribution < -0.4 is 5.32 Å². The number of hydrogen-bond donors (Lipinski definition) is 2. The Morgan fingerprint density at radius 3 is 3.24 bits per heavy atom. The molecule has 0 aromatic carbocycles. The fraction of sp³-hybridized carbons (Fsp3) is 0.700. The molecule has 94 valence electrons. The number of amides is 1. The van der Waals surface area contributed by atoms with Gasteiger partial charge in [0.25, 0.3) is 0 Å². The molecular weight excluding hydrogens is 256 g/mol. The summed E-state index contributed by atoms with van der Waals surface area (Å²) < 4.78 is 0. The first-order valence-corrected chi connectivity index (χ1v) is 8.16. The van der Waals surface area contributed by atoms with Gasteiger partial charge in [0.05, 0.1) is 0 Å². The van der Waals surface area contributed by atoms with Crippen LogP contribution in [-0.2, 0) is 4.79 Å². The molecule has 1 aliphatic rings. The van der Waals surface area contributed by atoms with Crippen LogP contribution in [0.5, 0.6) is 0 Å². The van der Waals surface area contributed by atoms with Crippen molar-refractivity contribution in [2.75, 3.05) is 11.1 Å². The lowest BCUT2D eigenvalue weighted by atomic mass is 10.1. The number of aromatic nitrogens is 3. The average Bonchev–Trinajstić information content (AvgIpc) is 2.96. The highest BCUT2D eigenvalue weighted by molar-refractivity contribution is 8.77. The second-order valence-corrected chi connectivity index (χ2v) is 6.74. The van der Waals surface area contributed by atoms with Crippen LogP contribution in [-0.4, -0.2) is 32.1 Å². The molecule has 0 unspecified atom stereocenters. The Morgan fingerprint density at radius 2 is 2.53 bits per heavy atom. The molecule has 0 saturated carbocycles. The van der Waals surface area contributed by atoms with Crippen LogP contribution in [0.2, 0.25) is 0 Å². The molecule has 1 amide bonds. The number of carbonyl (C=O) groups is 1. The number of rotatable bonds is 6. The standard InChI is InChI=1S/C10H16N4OS2/c15-9(13-10-11-7-12-14-10)4-2-1-3-8-5-6-16-17-8/h7-8H,1-6H2,(H2,11,12,13,14,15)/t8-/m1/s1. The lowest BCUT2D eigenvalue weighted by Gasteiger charge is -2.06. The minimum Gasteiger partial charge on any atom is -0.295 e. The van der Waals surface area contributed by atoms with Gasteiger partial charge in [-0.25, -0.2) is 5.10 Å². The first kappa shape index (κ1) is 12.8. The van der Waals surface area contributed by atoms with Crippen LogP contribution in [0.1, 0.15) is 32.1 Å². The van der Waals surface area contributed by atoms with Crippen LogP contribution in [0.4, 0.5) is 5.95 Å². The highest BCUT2D eigenvalue weighted by Gasteiger charge is 2.15. The number of H-pyrrole nitrogens is 1. The van der Waals surface area contributed by atoms with Crippen LogP contribution in [0, 0.1) is 0 Å². The van der Waals surface area contributed by atoms with Gasteiger partial charge in [-0.1, -0.05) is 28.0 Å². The largest absolute Gasteiger partial charge is 0.295 e. The Balaban J connectivity index is 1.54. The van der Waals surface area contributed by atoms with Gasteiger partial charge in [0.2, 0.25) is 11.9 Å². The molecular formula is C10H16N4OS2. The molecule has 1 atom stereocenters. The van der Waals surface area contributed by atoms with Crippen molar-refractivity contribution in [1.29, 1.82) is 0 Å². The Bertz CT molecular complexity index is 338. The van der Waals surface area contributed by atoms with Crippen molar-refractivity contribution in [3.63, 3.8) is 0 Å². The van der Waals surface area contributed by atoms with E-state index in [1.54, 1.807) is 0 Å². The SMILES string of the molecule is O=C(CCCC[C@@H]1CCSS1)Nc1ncn[nH]1. The normalized spacial score (nSPS) is 19.4. The molecule has 2 rings (SSSR count). The summed E-state index contributed by atoms with van der Waals surface area (Å²) in [6, 6.07) is 0. The van der Waals surface area contributed by atoms with Crippen molar-refractivity contribution in [3.05, 3.63) is 6.33 Å². The first-order chi connectivity index (χ1) is 8.34. The Hall–Kier alpha value is -0.690. The van der Waals surface area contributed by atoms with Crippen molar-refractivity contribution in [1.82, 2.24) is 15.2 Å². The van der Waals surface area contributed by atoms with Crippen molar-refractivity contribution in [3.8, 4) is 0 Å². The smallest absolute Gasteiger partial charge is 0.226 e. The maximum Gasteiger partial charge on any atom is 0.226 e. The quantitative estimate of drug-likeness (QED) is 0.615. The van der Waals surface area contributed by atoms with E-state index in [0.717, 1.165) is 18.1 Å². The van der Waals surface area contributed by atoms with E-state index in [4.69, 9.17) is 0 Å². The van der Waals surface area contributed by atoms with Crippen molar-refractivity contribution in [2.24, 2.45) is 0 Å². The summed E-state index contributed by atoms with van der Waals surface area (Å²) >= 11 is 0. The second kappa shape index (κ2) is 6.90. The zero-order valence-electron chi connectivity index (χ0n) is 9.52. The third-order valence-corrected chi connectivity index (χ3v) is 5.59. The number of nitrogens with one attached hydrogen (secondary N) is 2. The lowest BCUT2D eigenvalue weighted by Crippen LogP contribution is -2.12. The van der Waals surface area contributed by atoms with E-state index in [1.807, 2.05) is 21.6 Å².